The van der Waals surface area contributed by atoms with Crippen LogP contribution in [0.3, 0.4) is 0 Å². The third-order valence-electron chi connectivity index (χ3n) is 2.84. The Morgan fingerprint density at radius 2 is 2.27 bits per heavy atom. The summed E-state index contributed by atoms with van der Waals surface area (Å²) in [6.45, 7) is 6.20. The maximum Gasteiger partial charge on any atom is 0.118 e. The summed E-state index contributed by atoms with van der Waals surface area (Å²) in [7, 11) is 4.08. The molecule has 1 unspecified atom stereocenters. The summed E-state index contributed by atoms with van der Waals surface area (Å²) in [5.74, 6) is 1.04. The van der Waals surface area contributed by atoms with Gasteiger partial charge in [-0.3, -0.25) is 4.90 Å². The first-order valence-electron chi connectivity index (χ1n) is 5.58. The van der Waals surface area contributed by atoms with Crippen molar-refractivity contribution in [3.05, 3.63) is 23.7 Å². The third-order valence-corrected chi connectivity index (χ3v) is 2.84. The van der Waals surface area contributed by atoms with E-state index in [9.17, 15) is 0 Å². The fraction of sp³-hybridized carbons (Fsp3) is 0.667. The van der Waals surface area contributed by atoms with Crippen LogP contribution >= 0.6 is 0 Å². The maximum atomic E-state index is 5.50. The lowest BCUT2D eigenvalue weighted by Crippen LogP contribution is -2.27. The Bertz CT molecular complexity index is 283. The molecule has 1 atom stereocenters. The predicted molar refractivity (Wildman–Crippen MR) is 62.7 cm³/mol. The third kappa shape index (κ3) is 3.68. The molecule has 15 heavy (non-hydrogen) atoms. The molecule has 3 heteroatoms. The highest BCUT2D eigenvalue weighted by atomic mass is 16.3. The van der Waals surface area contributed by atoms with Crippen molar-refractivity contribution in [3.63, 3.8) is 0 Å². The average Bonchev–Trinajstić information content (AvgIpc) is 2.65. The van der Waals surface area contributed by atoms with Gasteiger partial charge in [0, 0.05) is 18.2 Å². The molecular weight excluding hydrogens is 188 g/mol. The van der Waals surface area contributed by atoms with E-state index in [1.165, 1.54) is 12.0 Å². The summed E-state index contributed by atoms with van der Waals surface area (Å²) >= 11 is 0. The molecule has 1 rings (SSSR count). The summed E-state index contributed by atoms with van der Waals surface area (Å²) in [5.41, 5.74) is 1.21. The summed E-state index contributed by atoms with van der Waals surface area (Å²) < 4.78 is 5.50. The largest absolute Gasteiger partial charge is 0.468 e. The molecule has 0 bridgehead atoms. The maximum absolute atomic E-state index is 5.50. The van der Waals surface area contributed by atoms with Crippen molar-refractivity contribution in [2.24, 2.45) is 0 Å². The molecular formula is C12H22N2O. The van der Waals surface area contributed by atoms with Gasteiger partial charge in [-0.2, -0.15) is 0 Å². The highest BCUT2D eigenvalue weighted by molar-refractivity contribution is 5.12. The number of hydrogen-bond donors (Lipinski definition) is 1. The Morgan fingerprint density at radius 1 is 1.53 bits per heavy atom. The first-order chi connectivity index (χ1) is 7.17. The Labute approximate surface area is 92.5 Å². The van der Waals surface area contributed by atoms with Gasteiger partial charge in [0.15, 0.2) is 0 Å². The van der Waals surface area contributed by atoms with E-state index >= 15 is 0 Å². The smallest absolute Gasteiger partial charge is 0.118 e. The highest BCUT2D eigenvalue weighted by Gasteiger charge is 2.09. The van der Waals surface area contributed by atoms with Gasteiger partial charge in [0.05, 0.1) is 12.8 Å². The second-order valence-electron chi connectivity index (χ2n) is 4.12. The molecule has 86 valence electrons. The van der Waals surface area contributed by atoms with Crippen LogP contribution < -0.4 is 5.32 Å². The molecule has 0 aliphatic rings. The Balaban J connectivity index is 2.49. The van der Waals surface area contributed by atoms with E-state index in [-0.39, 0.29) is 0 Å². The number of nitrogens with zero attached hydrogens (tertiary/aromatic N) is 1. The predicted octanol–water partition coefficient (Wildman–Crippen LogP) is 2.23. The molecule has 3 nitrogen and oxygen atoms in total. The molecule has 1 N–H and O–H groups in total. The van der Waals surface area contributed by atoms with Gasteiger partial charge in [-0.15, -0.1) is 0 Å². The van der Waals surface area contributed by atoms with Crippen LogP contribution in [0.1, 0.15) is 31.6 Å². The lowest BCUT2D eigenvalue weighted by molar-refractivity contribution is 0.225. The minimum Gasteiger partial charge on any atom is -0.468 e. The van der Waals surface area contributed by atoms with E-state index in [4.69, 9.17) is 4.42 Å². The summed E-state index contributed by atoms with van der Waals surface area (Å²) in [4.78, 5) is 2.31. The Kier molecular flexibility index (Phi) is 4.85. The number of furan rings is 1. The van der Waals surface area contributed by atoms with Crippen LogP contribution in [0.4, 0.5) is 0 Å². The lowest BCUT2D eigenvalue weighted by Gasteiger charge is -2.21. The molecule has 1 aromatic heterocycles. The molecule has 0 amide bonds. The monoisotopic (exact) mass is 210 g/mol. The van der Waals surface area contributed by atoms with Crippen molar-refractivity contribution in [2.75, 3.05) is 14.1 Å². The molecule has 0 aromatic carbocycles. The Hall–Kier alpha value is -0.800. The minimum atomic E-state index is 0.600. The summed E-state index contributed by atoms with van der Waals surface area (Å²) in [6, 6.07) is 2.72. The molecule has 0 fully saturated rings. The SMILES string of the molecule is CCC(C)N(C)Cc1cc(CNC)co1. The standard InChI is InChI=1S/C12H22N2O/c1-5-10(2)14(4)8-12-6-11(7-13-3)9-15-12/h6,9-10,13H,5,7-8H2,1-4H3. The molecule has 0 aliphatic carbocycles. The molecule has 0 spiro atoms. The van der Waals surface area contributed by atoms with E-state index in [0.717, 1.165) is 18.8 Å². The number of rotatable bonds is 6. The van der Waals surface area contributed by atoms with Crippen molar-refractivity contribution in [2.45, 2.75) is 39.4 Å². The Morgan fingerprint density at radius 3 is 2.87 bits per heavy atom. The van der Waals surface area contributed by atoms with E-state index in [2.05, 4.69) is 37.2 Å². The second kappa shape index (κ2) is 5.93. The van der Waals surface area contributed by atoms with Crippen molar-refractivity contribution in [3.8, 4) is 0 Å². The fourth-order valence-electron chi connectivity index (χ4n) is 1.52. The average molecular weight is 210 g/mol. The molecule has 0 saturated carbocycles. The van der Waals surface area contributed by atoms with Crippen LogP contribution in [-0.4, -0.2) is 25.0 Å². The van der Waals surface area contributed by atoms with E-state index in [1.54, 1.807) is 0 Å². The highest BCUT2D eigenvalue weighted by Crippen LogP contribution is 2.12. The van der Waals surface area contributed by atoms with Crippen molar-refractivity contribution >= 4 is 0 Å². The summed E-state index contributed by atoms with van der Waals surface area (Å²) in [5, 5.41) is 3.11. The van der Waals surface area contributed by atoms with Crippen LogP contribution in [0.5, 0.6) is 0 Å². The molecule has 1 heterocycles. The van der Waals surface area contributed by atoms with E-state index in [0.29, 0.717) is 6.04 Å². The van der Waals surface area contributed by atoms with Crippen LogP contribution in [0.25, 0.3) is 0 Å². The van der Waals surface area contributed by atoms with E-state index in [1.807, 2.05) is 13.3 Å². The molecule has 1 aromatic rings. The number of hydrogen-bond acceptors (Lipinski definition) is 3. The normalized spacial score (nSPS) is 13.4. The second-order valence-corrected chi connectivity index (χ2v) is 4.12. The first-order valence-corrected chi connectivity index (χ1v) is 5.58. The van der Waals surface area contributed by atoms with Crippen LogP contribution in [0.15, 0.2) is 16.7 Å². The molecule has 0 radical (unpaired) electrons. The van der Waals surface area contributed by atoms with Gasteiger partial charge in [-0.25, -0.2) is 0 Å². The van der Waals surface area contributed by atoms with Gasteiger partial charge in [-0.05, 0) is 33.5 Å². The van der Waals surface area contributed by atoms with Crippen LogP contribution in [0.2, 0.25) is 0 Å². The zero-order valence-corrected chi connectivity index (χ0v) is 10.2. The van der Waals surface area contributed by atoms with Crippen molar-refractivity contribution in [1.29, 1.82) is 0 Å². The van der Waals surface area contributed by atoms with Gasteiger partial charge < -0.3 is 9.73 Å². The lowest BCUT2D eigenvalue weighted by atomic mass is 10.2. The quantitative estimate of drug-likeness (QED) is 0.780. The zero-order chi connectivity index (χ0) is 11.3. The van der Waals surface area contributed by atoms with Gasteiger partial charge in [-0.1, -0.05) is 6.92 Å². The van der Waals surface area contributed by atoms with Crippen molar-refractivity contribution < 1.29 is 4.42 Å². The van der Waals surface area contributed by atoms with Crippen LogP contribution in [0, 0.1) is 0 Å². The van der Waals surface area contributed by atoms with Gasteiger partial charge in [0.1, 0.15) is 5.76 Å². The fourth-order valence-corrected chi connectivity index (χ4v) is 1.52. The summed E-state index contributed by atoms with van der Waals surface area (Å²) in [6.07, 6.45) is 3.00. The molecule has 0 aliphatic heterocycles. The number of nitrogens with one attached hydrogen (secondary N) is 1. The first kappa shape index (κ1) is 12.3. The topological polar surface area (TPSA) is 28.4 Å². The van der Waals surface area contributed by atoms with Crippen molar-refractivity contribution in [1.82, 2.24) is 10.2 Å². The van der Waals surface area contributed by atoms with Gasteiger partial charge in [0.2, 0.25) is 0 Å². The zero-order valence-electron chi connectivity index (χ0n) is 10.2. The minimum absolute atomic E-state index is 0.600. The van der Waals surface area contributed by atoms with Crippen LogP contribution in [-0.2, 0) is 13.1 Å². The van der Waals surface area contributed by atoms with E-state index < -0.39 is 0 Å². The van der Waals surface area contributed by atoms with Gasteiger partial charge in [0.25, 0.3) is 0 Å². The molecule has 0 saturated heterocycles. The van der Waals surface area contributed by atoms with Gasteiger partial charge >= 0.3 is 0 Å².